The average Bonchev–Trinajstić information content (AvgIpc) is 2.66. The number of hydrogen-bond acceptors (Lipinski definition) is 3. The lowest BCUT2D eigenvalue weighted by molar-refractivity contribution is 0.0698. The maximum Gasteiger partial charge on any atom is 0.349 e. The molecule has 1 aromatic rings. The number of aromatic carboxylic acids is 1. The van der Waals surface area contributed by atoms with E-state index >= 15 is 0 Å². The minimum absolute atomic E-state index is 0.281. The van der Waals surface area contributed by atoms with Crippen LogP contribution in [-0.2, 0) is 0 Å². The Morgan fingerprint density at radius 1 is 1.57 bits per heavy atom. The lowest BCUT2D eigenvalue weighted by Gasteiger charge is -2.01. The molecule has 1 heterocycles. The van der Waals surface area contributed by atoms with Crippen molar-refractivity contribution in [3.63, 3.8) is 0 Å². The smallest absolute Gasteiger partial charge is 0.349 e. The van der Waals surface area contributed by atoms with Crippen LogP contribution in [-0.4, -0.2) is 17.7 Å². The summed E-state index contributed by atoms with van der Waals surface area (Å²) in [7, 11) is 0. The van der Waals surface area contributed by atoms with Crippen LogP contribution < -0.4 is 4.74 Å². The molecular weight excluding hydrogens is 200 g/mol. The van der Waals surface area contributed by atoms with Gasteiger partial charge in [-0.2, -0.15) is 0 Å². The molecule has 4 heteroatoms. The van der Waals surface area contributed by atoms with Crippen LogP contribution in [0.25, 0.3) is 0 Å². The fourth-order valence-corrected chi connectivity index (χ4v) is 1.45. The van der Waals surface area contributed by atoms with Gasteiger partial charge in [0.05, 0.1) is 6.61 Å². The van der Waals surface area contributed by atoms with Crippen molar-refractivity contribution >= 4 is 17.3 Å². The van der Waals surface area contributed by atoms with Crippen molar-refractivity contribution in [3.05, 3.63) is 16.3 Å². The second kappa shape index (κ2) is 7.38. The number of rotatable bonds is 4. The largest absolute Gasteiger partial charge is 0.492 e. The summed E-state index contributed by atoms with van der Waals surface area (Å²) in [5, 5.41) is 10.4. The van der Waals surface area contributed by atoms with E-state index in [0.29, 0.717) is 12.4 Å². The zero-order valence-corrected chi connectivity index (χ0v) is 9.56. The molecule has 0 bridgehead atoms. The Morgan fingerprint density at radius 3 is 2.71 bits per heavy atom. The van der Waals surface area contributed by atoms with Gasteiger partial charge in [-0.15, -0.1) is 11.3 Å². The molecule has 14 heavy (non-hydrogen) atoms. The maximum absolute atomic E-state index is 10.6. The first kappa shape index (κ1) is 13.0. The third-order valence-corrected chi connectivity index (χ3v) is 2.17. The molecule has 0 atom stereocenters. The second-order valence-corrected chi connectivity index (χ2v) is 3.18. The van der Waals surface area contributed by atoms with Crippen LogP contribution in [0, 0.1) is 0 Å². The van der Waals surface area contributed by atoms with Gasteiger partial charge in [0.25, 0.3) is 0 Å². The molecule has 80 valence electrons. The molecule has 0 aliphatic rings. The summed E-state index contributed by atoms with van der Waals surface area (Å²) >= 11 is 1.18. The van der Waals surface area contributed by atoms with Crippen LogP contribution >= 0.6 is 11.3 Å². The zero-order valence-electron chi connectivity index (χ0n) is 8.74. The molecule has 0 amide bonds. The van der Waals surface area contributed by atoms with Crippen LogP contribution in [0.5, 0.6) is 5.75 Å². The highest BCUT2D eigenvalue weighted by atomic mass is 32.1. The third kappa shape index (κ3) is 3.79. The van der Waals surface area contributed by atoms with Gasteiger partial charge >= 0.3 is 5.97 Å². The van der Waals surface area contributed by atoms with Gasteiger partial charge in [-0.1, -0.05) is 20.8 Å². The van der Waals surface area contributed by atoms with Gasteiger partial charge in [-0.05, 0) is 17.9 Å². The van der Waals surface area contributed by atoms with E-state index in [2.05, 4.69) is 0 Å². The molecule has 0 aliphatic carbocycles. The monoisotopic (exact) mass is 216 g/mol. The Balaban J connectivity index is 0.000000791. The van der Waals surface area contributed by atoms with E-state index in [9.17, 15) is 4.79 Å². The first-order chi connectivity index (χ1) is 6.75. The molecule has 1 aromatic heterocycles. The van der Waals surface area contributed by atoms with Crippen LogP contribution in [0.1, 0.15) is 36.9 Å². The van der Waals surface area contributed by atoms with Crippen molar-refractivity contribution in [3.8, 4) is 5.75 Å². The number of carbonyl (C=O) groups is 1. The van der Waals surface area contributed by atoms with Crippen LogP contribution in [0.3, 0.4) is 0 Å². The quantitative estimate of drug-likeness (QED) is 0.840. The van der Waals surface area contributed by atoms with Crippen LogP contribution in [0.15, 0.2) is 11.4 Å². The normalized spacial score (nSPS) is 8.79. The van der Waals surface area contributed by atoms with Gasteiger partial charge < -0.3 is 9.84 Å². The Labute approximate surface area is 88.3 Å². The summed E-state index contributed by atoms with van der Waals surface area (Å²) < 4.78 is 5.22. The molecule has 1 rings (SSSR count). The molecule has 0 aliphatic heterocycles. The van der Waals surface area contributed by atoms with Crippen molar-refractivity contribution in [1.82, 2.24) is 0 Å². The first-order valence-corrected chi connectivity index (χ1v) is 5.57. The molecule has 0 saturated carbocycles. The Kier molecular flexibility index (Phi) is 6.84. The van der Waals surface area contributed by atoms with E-state index in [0.717, 1.165) is 6.42 Å². The minimum atomic E-state index is -0.920. The van der Waals surface area contributed by atoms with E-state index in [-0.39, 0.29) is 4.88 Å². The molecule has 0 saturated heterocycles. The average molecular weight is 216 g/mol. The number of thiophene rings is 1. The van der Waals surface area contributed by atoms with Crippen molar-refractivity contribution < 1.29 is 14.6 Å². The predicted molar refractivity (Wildman–Crippen MR) is 58.4 cm³/mol. The van der Waals surface area contributed by atoms with Crippen molar-refractivity contribution in [2.45, 2.75) is 27.2 Å². The van der Waals surface area contributed by atoms with Crippen molar-refractivity contribution in [2.24, 2.45) is 0 Å². The number of carboxylic acids is 1. The lowest BCUT2D eigenvalue weighted by atomic mass is 10.4. The van der Waals surface area contributed by atoms with E-state index in [1.54, 1.807) is 11.4 Å². The molecule has 0 unspecified atom stereocenters. The maximum atomic E-state index is 10.6. The highest BCUT2D eigenvalue weighted by Gasteiger charge is 2.11. The Morgan fingerprint density at radius 2 is 2.21 bits per heavy atom. The van der Waals surface area contributed by atoms with Gasteiger partial charge in [-0.3, -0.25) is 0 Å². The van der Waals surface area contributed by atoms with Crippen molar-refractivity contribution in [1.29, 1.82) is 0 Å². The van der Waals surface area contributed by atoms with Crippen molar-refractivity contribution in [2.75, 3.05) is 6.61 Å². The molecule has 0 fully saturated rings. The van der Waals surface area contributed by atoms with Crippen LogP contribution in [0.2, 0.25) is 0 Å². The van der Waals surface area contributed by atoms with Gasteiger partial charge in [0.2, 0.25) is 0 Å². The zero-order chi connectivity index (χ0) is 11.0. The standard InChI is InChI=1S/C8H10O3S.C2H6/c1-2-4-11-6-3-5-12-7(6)8(9)10;1-2/h3,5H,2,4H2,1H3,(H,9,10);1-2H3. The van der Waals surface area contributed by atoms with Gasteiger partial charge in [0.1, 0.15) is 5.75 Å². The number of ether oxygens (including phenoxy) is 1. The van der Waals surface area contributed by atoms with E-state index in [1.807, 2.05) is 20.8 Å². The fraction of sp³-hybridized carbons (Fsp3) is 0.500. The number of carboxylic acid groups (broad SMARTS) is 1. The van der Waals surface area contributed by atoms with Crippen LogP contribution in [0.4, 0.5) is 0 Å². The predicted octanol–water partition coefficient (Wildman–Crippen LogP) is 3.26. The molecule has 1 N–H and O–H groups in total. The molecular formula is C10H16O3S. The molecule has 0 spiro atoms. The minimum Gasteiger partial charge on any atom is -0.492 e. The SMILES string of the molecule is CC.CCCOc1ccsc1C(=O)O. The summed E-state index contributed by atoms with van der Waals surface area (Å²) in [6.45, 7) is 6.55. The fourth-order valence-electron chi connectivity index (χ4n) is 0.779. The van der Waals surface area contributed by atoms with Gasteiger partial charge in [0, 0.05) is 0 Å². The second-order valence-electron chi connectivity index (χ2n) is 2.27. The summed E-state index contributed by atoms with van der Waals surface area (Å²) in [4.78, 5) is 10.9. The highest BCUT2D eigenvalue weighted by Crippen LogP contribution is 2.24. The molecule has 3 nitrogen and oxygen atoms in total. The molecule has 0 aromatic carbocycles. The lowest BCUT2D eigenvalue weighted by Crippen LogP contribution is -1.99. The van der Waals surface area contributed by atoms with Gasteiger partial charge in [0.15, 0.2) is 4.88 Å². The number of hydrogen-bond donors (Lipinski definition) is 1. The molecule has 0 radical (unpaired) electrons. The summed E-state index contributed by atoms with van der Waals surface area (Å²) in [5.41, 5.74) is 0. The van der Waals surface area contributed by atoms with E-state index in [1.165, 1.54) is 11.3 Å². The van der Waals surface area contributed by atoms with E-state index in [4.69, 9.17) is 9.84 Å². The summed E-state index contributed by atoms with van der Waals surface area (Å²) in [6.07, 6.45) is 0.884. The third-order valence-electron chi connectivity index (χ3n) is 1.29. The first-order valence-electron chi connectivity index (χ1n) is 4.69. The van der Waals surface area contributed by atoms with E-state index < -0.39 is 5.97 Å². The summed E-state index contributed by atoms with van der Waals surface area (Å²) in [5.74, 6) is -0.439. The highest BCUT2D eigenvalue weighted by molar-refractivity contribution is 7.12. The Hall–Kier alpha value is -1.03. The summed E-state index contributed by atoms with van der Waals surface area (Å²) in [6, 6.07) is 1.68. The Bertz CT molecular complexity index is 268. The van der Waals surface area contributed by atoms with Gasteiger partial charge in [-0.25, -0.2) is 4.79 Å². The topological polar surface area (TPSA) is 46.5 Å².